The van der Waals surface area contributed by atoms with Crippen LogP contribution >= 0.6 is 22.6 Å². The molecule has 3 amide bonds. The van der Waals surface area contributed by atoms with Crippen LogP contribution in [-0.4, -0.2) is 52.2 Å². The minimum Gasteiger partial charge on any atom is -0.467 e. The number of aryl methyl sites for hydroxylation is 1. The molecule has 32 heavy (non-hydrogen) atoms. The van der Waals surface area contributed by atoms with Crippen molar-refractivity contribution in [3.05, 3.63) is 47.9 Å². The van der Waals surface area contributed by atoms with Crippen LogP contribution in [-0.2, 0) is 14.6 Å². The van der Waals surface area contributed by atoms with E-state index in [0.29, 0.717) is 4.55 Å². The maximum absolute atomic E-state index is 12.8. The van der Waals surface area contributed by atoms with Crippen molar-refractivity contribution in [2.75, 3.05) is 17.7 Å². The Kier molecular flexibility index (Phi) is 7.18. The molecule has 2 heterocycles. The van der Waals surface area contributed by atoms with E-state index in [0.717, 1.165) is 0 Å². The first-order valence-corrected chi connectivity index (χ1v) is 11.8. The highest BCUT2D eigenvalue weighted by Gasteiger charge is 2.25. The van der Waals surface area contributed by atoms with Crippen LogP contribution in [0.5, 0.6) is 6.01 Å². The van der Waals surface area contributed by atoms with E-state index < -0.39 is 26.9 Å². The topological polar surface area (TPSA) is 170 Å². The molecule has 2 aromatic heterocycles. The number of hydrogen-bond acceptors (Lipinski definition) is 9. The van der Waals surface area contributed by atoms with Crippen molar-refractivity contribution in [3.63, 3.8) is 0 Å². The zero-order valence-corrected chi connectivity index (χ0v) is 19.7. The molecule has 0 unspecified atom stereocenters. The maximum Gasteiger partial charge on any atom is 0.335 e. The van der Waals surface area contributed by atoms with Crippen LogP contribution < -0.4 is 20.1 Å². The third-order valence-corrected chi connectivity index (χ3v) is 5.88. The van der Waals surface area contributed by atoms with E-state index in [1.807, 2.05) is 4.72 Å². The molecule has 3 N–H and O–H groups in total. The summed E-state index contributed by atoms with van der Waals surface area (Å²) in [6, 6.07) is 5.83. The van der Waals surface area contributed by atoms with Gasteiger partial charge in [0.2, 0.25) is 5.95 Å². The molecule has 1 aromatic carbocycles. The number of urea groups is 1. The van der Waals surface area contributed by atoms with Crippen LogP contribution in [0.15, 0.2) is 41.4 Å². The maximum atomic E-state index is 12.8. The molecule has 15 heteroatoms. The Bertz CT molecular complexity index is 1260. The summed E-state index contributed by atoms with van der Waals surface area (Å²) in [4.78, 5) is 36.1. The van der Waals surface area contributed by atoms with Gasteiger partial charge in [0.15, 0.2) is 5.82 Å². The second kappa shape index (κ2) is 9.86. The summed E-state index contributed by atoms with van der Waals surface area (Å²) >= 11 is 2.10. The summed E-state index contributed by atoms with van der Waals surface area (Å²) in [5, 5.41) is 8.85. The molecule has 0 atom stereocenters. The fourth-order valence-electron chi connectivity index (χ4n) is 2.48. The van der Waals surface area contributed by atoms with E-state index in [1.165, 1.54) is 31.4 Å². The number of benzene rings is 1. The van der Waals surface area contributed by atoms with Crippen LogP contribution in [0.1, 0.15) is 16.2 Å². The molecule has 0 radical (unpaired) electrons. The second-order valence-corrected chi connectivity index (χ2v) is 8.40. The van der Waals surface area contributed by atoms with E-state index in [1.54, 1.807) is 23.9 Å². The molecule has 0 spiro atoms. The molecule has 0 saturated heterocycles. The number of sulfonamides is 1. The number of nitrogens with zero attached hydrogens (tertiary/aromatic N) is 5. The average Bonchev–Trinajstić information content (AvgIpc) is 3.20. The Labute approximate surface area is 196 Å². The van der Waals surface area contributed by atoms with Gasteiger partial charge in [-0.05, 0) is 19.1 Å². The number of methoxy groups -OCH3 is 1. The first-order chi connectivity index (χ1) is 15.2. The van der Waals surface area contributed by atoms with Gasteiger partial charge in [-0.3, -0.25) is 14.8 Å². The van der Waals surface area contributed by atoms with Crippen molar-refractivity contribution >= 4 is 56.3 Å². The fourth-order valence-corrected chi connectivity index (χ4v) is 3.97. The van der Waals surface area contributed by atoms with Crippen LogP contribution in [0.3, 0.4) is 0 Å². The van der Waals surface area contributed by atoms with E-state index >= 15 is 0 Å². The minimum absolute atomic E-state index is 0.0531. The van der Waals surface area contributed by atoms with Crippen molar-refractivity contribution in [3.8, 4) is 6.01 Å². The van der Waals surface area contributed by atoms with Gasteiger partial charge >= 0.3 is 12.0 Å². The molecule has 0 fully saturated rings. The van der Waals surface area contributed by atoms with E-state index in [2.05, 4.69) is 53.3 Å². The van der Waals surface area contributed by atoms with Crippen LogP contribution in [0.4, 0.5) is 16.6 Å². The van der Waals surface area contributed by atoms with Gasteiger partial charge in [-0.15, -0.1) is 0 Å². The lowest BCUT2D eigenvalue weighted by Gasteiger charge is -2.11. The summed E-state index contributed by atoms with van der Waals surface area (Å²) in [5.74, 6) is -0.410. The molecule has 13 nitrogen and oxygen atoms in total. The van der Waals surface area contributed by atoms with Crippen molar-refractivity contribution in [2.24, 2.45) is 0 Å². The highest BCUT2D eigenvalue weighted by atomic mass is 127. The molecule has 0 aliphatic carbocycles. The quantitative estimate of drug-likeness (QED) is 0.281. The number of nitrogens with one attached hydrogen (secondary N) is 3. The Morgan fingerprint density at radius 2 is 1.88 bits per heavy atom. The number of ether oxygens (including phenoxy) is 1. The predicted octanol–water partition coefficient (Wildman–Crippen LogP) is 1.54. The lowest BCUT2D eigenvalue weighted by molar-refractivity contribution is 0.102. The predicted molar refractivity (Wildman–Crippen MR) is 121 cm³/mol. The molecule has 0 saturated carbocycles. The first-order valence-electron chi connectivity index (χ1n) is 8.82. The van der Waals surface area contributed by atoms with Gasteiger partial charge in [0.1, 0.15) is 10.7 Å². The molecule has 3 rings (SSSR count). The number of aromatic nitrogens is 5. The molecule has 0 aliphatic heterocycles. The van der Waals surface area contributed by atoms with Crippen molar-refractivity contribution < 1.29 is 22.7 Å². The lowest BCUT2D eigenvalue weighted by Crippen LogP contribution is -2.36. The largest absolute Gasteiger partial charge is 0.467 e. The second-order valence-electron chi connectivity index (χ2n) is 6.06. The standard InChI is InChI=1S/C17H17IN8O5S/c1-10-19-15(23-17(20-10)31-2)22-16(28)25-32(29,30)12-6-4-3-5-11(12)14(27)21-13-7-8-26(9-18)24-13/h3-8H,9H2,1-2H3,(H,21,24,27)(H2,19,20,22,23,25,28). The Balaban J connectivity index is 1.79. The lowest BCUT2D eigenvalue weighted by atomic mass is 10.2. The zero-order valence-electron chi connectivity index (χ0n) is 16.7. The highest BCUT2D eigenvalue weighted by Crippen LogP contribution is 2.17. The third kappa shape index (κ3) is 5.67. The van der Waals surface area contributed by atoms with E-state index in [4.69, 9.17) is 4.74 Å². The number of carbonyl (C=O) groups excluding carboxylic acids is 2. The zero-order chi connectivity index (χ0) is 23.3. The number of rotatable bonds is 7. The SMILES string of the molecule is COc1nc(C)nc(NC(=O)NS(=O)(=O)c2ccccc2C(=O)Nc2ccn(CI)n2)n1. The van der Waals surface area contributed by atoms with Crippen molar-refractivity contribution in [1.29, 1.82) is 0 Å². The van der Waals surface area contributed by atoms with Gasteiger partial charge in [0.05, 0.1) is 17.2 Å². The van der Waals surface area contributed by atoms with Crippen molar-refractivity contribution in [2.45, 2.75) is 16.4 Å². The number of anilines is 2. The normalized spacial score (nSPS) is 11.0. The summed E-state index contributed by atoms with van der Waals surface area (Å²) in [7, 11) is -3.09. The molecular formula is C17H17IN8O5S. The monoisotopic (exact) mass is 572 g/mol. The fraction of sp³-hybridized carbons (Fsp3) is 0.176. The van der Waals surface area contributed by atoms with Crippen LogP contribution in [0.25, 0.3) is 0 Å². The van der Waals surface area contributed by atoms with E-state index in [-0.39, 0.29) is 29.2 Å². The Morgan fingerprint density at radius 1 is 1.12 bits per heavy atom. The molecule has 168 valence electrons. The summed E-state index contributed by atoms with van der Waals surface area (Å²) in [5.41, 5.74) is -0.172. The minimum atomic E-state index is -4.42. The smallest absolute Gasteiger partial charge is 0.335 e. The van der Waals surface area contributed by atoms with Gasteiger partial charge in [-0.25, -0.2) is 17.9 Å². The Hall–Kier alpha value is -3.34. The van der Waals surface area contributed by atoms with Gasteiger partial charge in [-0.2, -0.15) is 20.1 Å². The number of alkyl halides is 1. The Morgan fingerprint density at radius 3 is 2.56 bits per heavy atom. The number of halogens is 1. The van der Waals surface area contributed by atoms with Gasteiger partial charge in [0, 0.05) is 12.3 Å². The number of carbonyl (C=O) groups is 2. The average molecular weight is 572 g/mol. The van der Waals surface area contributed by atoms with E-state index in [9.17, 15) is 18.0 Å². The summed E-state index contributed by atoms with van der Waals surface area (Å²) in [6.07, 6.45) is 1.66. The highest BCUT2D eigenvalue weighted by molar-refractivity contribution is 14.1. The first kappa shape index (κ1) is 23.3. The van der Waals surface area contributed by atoms with Gasteiger partial charge in [-0.1, -0.05) is 34.7 Å². The third-order valence-electron chi connectivity index (χ3n) is 3.79. The number of hydrogen-bond donors (Lipinski definition) is 3. The van der Waals surface area contributed by atoms with Crippen LogP contribution in [0.2, 0.25) is 0 Å². The van der Waals surface area contributed by atoms with Gasteiger partial charge in [0.25, 0.3) is 15.9 Å². The van der Waals surface area contributed by atoms with Crippen LogP contribution in [0, 0.1) is 6.92 Å². The molecule has 0 bridgehead atoms. The molecule has 0 aliphatic rings. The number of amides is 3. The van der Waals surface area contributed by atoms with Gasteiger partial charge < -0.3 is 10.1 Å². The summed E-state index contributed by atoms with van der Waals surface area (Å²) in [6.45, 7) is 1.54. The van der Waals surface area contributed by atoms with Crippen molar-refractivity contribution in [1.82, 2.24) is 29.5 Å². The molecule has 3 aromatic rings. The summed E-state index contributed by atoms with van der Waals surface area (Å²) < 4.78 is 34.5. The molecular weight excluding hydrogens is 555 g/mol.